The Bertz CT molecular complexity index is 524. The van der Waals surface area contributed by atoms with Crippen LogP contribution in [-0.2, 0) is 12.4 Å². The van der Waals surface area contributed by atoms with E-state index in [1.807, 2.05) is 5.38 Å². The van der Waals surface area contributed by atoms with Crippen molar-refractivity contribution >= 4 is 22.9 Å². The van der Waals surface area contributed by atoms with E-state index in [1.54, 1.807) is 11.3 Å². The molecule has 0 bridgehead atoms. The fourth-order valence-electron chi connectivity index (χ4n) is 2.08. The summed E-state index contributed by atoms with van der Waals surface area (Å²) in [7, 11) is 2.16. The van der Waals surface area contributed by atoms with Crippen LogP contribution in [0.3, 0.4) is 0 Å². The van der Waals surface area contributed by atoms with Crippen LogP contribution in [0.4, 0.5) is 0 Å². The van der Waals surface area contributed by atoms with Gasteiger partial charge >= 0.3 is 0 Å². The van der Waals surface area contributed by atoms with E-state index >= 15 is 0 Å². The lowest BCUT2D eigenvalue weighted by Crippen LogP contribution is -2.18. The topological polar surface area (TPSA) is 16.1 Å². The van der Waals surface area contributed by atoms with E-state index in [0.29, 0.717) is 5.88 Å². The number of halogens is 1. The third-order valence-corrected chi connectivity index (χ3v) is 4.13. The second-order valence-corrected chi connectivity index (χ2v) is 5.84. The highest BCUT2D eigenvalue weighted by molar-refractivity contribution is 7.13. The molecular formula is C15H19ClN2S. The molecule has 1 aromatic heterocycles. The Labute approximate surface area is 124 Å². The van der Waals surface area contributed by atoms with E-state index < -0.39 is 0 Å². The maximum Gasteiger partial charge on any atom is 0.123 e. The van der Waals surface area contributed by atoms with Gasteiger partial charge in [-0.2, -0.15) is 0 Å². The van der Waals surface area contributed by atoms with Gasteiger partial charge in [0.25, 0.3) is 0 Å². The number of benzene rings is 1. The molecule has 2 nitrogen and oxygen atoms in total. The first-order valence-electron chi connectivity index (χ1n) is 6.51. The predicted molar refractivity (Wildman–Crippen MR) is 83.7 cm³/mol. The molecule has 0 N–H and O–H groups in total. The van der Waals surface area contributed by atoms with Crippen molar-refractivity contribution in [3.05, 3.63) is 40.9 Å². The van der Waals surface area contributed by atoms with Crippen LogP contribution in [0.25, 0.3) is 10.6 Å². The molecular weight excluding hydrogens is 276 g/mol. The molecule has 4 heteroatoms. The molecule has 2 rings (SSSR count). The summed E-state index contributed by atoms with van der Waals surface area (Å²) in [5, 5.41) is 3.08. The molecule has 0 amide bonds. The molecule has 0 aliphatic rings. The van der Waals surface area contributed by atoms with Gasteiger partial charge in [0.2, 0.25) is 0 Å². The summed E-state index contributed by atoms with van der Waals surface area (Å²) in [5.41, 5.74) is 3.47. The number of rotatable bonds is 6. The number of hydrogen-bond donors (Lipinski definition) is 0. The normalized spacial score (nSPS) is 11.2. The Morgan fingerprint density at radius 1 is 1.37 bits per heavy atom. The van der Waals surface area contributed by atoms with Crippen molar-refractivity contribution in [3.63, 3.8) is 0 Å². The quantitative estimate of drug-likeness (QED) is 0.735. The first-order chi connectivity index (χ1) is 9.22. The van der Waals surface area contributed by atoms with Gasteiger partial charge in [-0.3, -0.25) is 0 Å². The van der Waals surface area contributed by atoms with E-state index in [1.165, 1.54) is 17.5 Å². The van der Waals surface area contributed by atoms with Gasteiger partial charge in [0.05, 0.1) is 11.6 Å². The first kappa shape index (κ1) is 14.5. The molecule has 0 atom stereocenters. The number of aromatic nitrogens is 1. The Balaban J connectivity index is 2.14. The van der Waals surface area contributed by atoms with Crippen LogP contribution in [0.15, 0.2) is 29.6 Å². The third kappa shape index (κ3) is 4.03. The average Bonchev–Trinajstić information content (AvgIpc) is 2.88. The van der Waals surface area contributed by atoms with E-state index in [9.17, 15) is 0 Å². The molecule has 1 aromatic carbocycles. The second-order valence-electron chi connectivity index (χ2n) is 4.72. The first-order valence-corrected chi connectivity index (χ1v) is 7.92. The summed E-state index contributed by atoms with van der Waals surface area (Å²) >= 11 is 7.46. The molecule has 0 fully saturated rings. The van der Waals surface area contributed by atoms with Crippen molar-refractivity contribution in [2.24, 2.45) is 0 Å². The molecule has 1 heterocycles. The van der Waals surface area contributed by atoms with E-state index in [-0.39, 0.29) is 0 Å². The summed E-state index contributed by atoms with van der Waals surface area (Å²) in [6.45, 7) is 4.31. The third-order valence-electron chi connectivity index (χ3n) is 2.92. The van der Waals surface area contributed by atoms with Gasteiger partial charge < -0.3 is 4.90 Å². The van der Waals surface area contributed by atoms with E-state index in [4.69, 9.17) is 11.6 Å². The van der Waals surface area contributed by atoms with Crippen LogP contribution in [0.2, 0.25) is 0 Å². The Morgan fingerprint density at radius 2 is 2.21 bits per heavy atom. The zero-order valence-electron chi connectivity index (χ0n) is 11.4. The maximum atomic E-state index is 5.80. The zero-order valence-corrected chi connectivity index (χ0v) is 13.0. The minimum Gasteiger partial charge on any atom is -0.302 e. The van der Waals surface area contributed by atoms with Crippen LogP contribution in [-0.4, -0.2) is 23.5 Å². The Hall–Kier alpha value is -0.900. The number of thiazole rings is 1. The van der Waals surface area contributed by atoms with Crippen molar-refractivity contribution in [1.82, 2.24) is 9.88 Å². The highest BCUT2D eigenvalue weighted by Crippen LogP contribution is 2.25. The van der Waals surface area contributed by atoms with Crippen LogP contribution in [0.1, 0.15) is 24.6 Å². The standard InChI is InChI=1S/C15H19ClN2S/c1-3-7-18(2)10-12-5-4-6-13(8-12)15-17-14(9-16)11-19-15/h4-6,8,11H,3,7,9-10H2,1-2H3. The molecule has 0 saturated heterocycles. The van der Waals surface area contributed by atoms with Crippen molar-refractivity contribution in [3.8, 4) is 10.6 Å². The maximum absolute atomic E-state index is 5.80. The second kappa shape index (κ2) is 7.04. The van der Waals surface area contributed by atoms with Gasteiger partial charge in [-0.25, -0.2) is 4.98 Å². The molecule has 0 unspecified atom stereocenters. The lowest BCUT2D eigenvalue weighted by atomic mass is 10.1. The highest BCUT2D eigenvalue weighted by atomic mass is 35.5. The monoisotopic (exact) mass is 294 g/mol. The molecule has 0 aliphatic carbocycles. The van der Waals surface area contributed by atoms with E-state index in [0.717, 1.165) is 23.8 Å². The Morgan fingerprint density at radius 3 is 2.89 bits per heavy atom. The lowest BCUT2D eigenvalue weighted by Gasteiger charge is -2.15. The number of alkyl halides is 1. The lowest BCUT2D eigenvalue weighted by molar-refractivity contribution is 0.327. The van der Waals surface area contributed by atoms with Crippen molar-refractivity contribution < 1.29 is 0 Å². The molecule has 0 saturated carbocycles. The van der Waals surface area contributed by atoms with Gasteiger partial charge in [0.1, 0.15) is 5.01 Å². The van der Waals surface area contributed by atoms with Gasteiger partial charge in [0.15, 0.2) is 0 Å². The average molecular weight is 295 g/mol. The van der Waals surface area contributed by atoms with Gasteiger partial charge in [-0.05, 0) is 31.6 Å². The highest BCUT2D eigenvalue weighted by Gasteiger charge is 2.06. The van der Waals surface area contributed by atoms with Crippen LogP contribution in [0.5, 0.6) is 0 Å². The molecule has 2 aromatic rings. The molecule has 0 aliphatic heterocycles. The van der Waals surface area contributed by atoms with Gasteiger partial charge in [0, 0.05) is 17.5 Å². The van der Waals surface area contributed by atoms with Crippen molar-refractivity contribution in [2.75, 3.05) is 13.6 Å². The summed E-state index contributed by atoms with van der Waals surface area (Å²) in [6.07, 6.45) is 1.18. The SMILES string of the molecule is CCCN(C)Cc1cccc(-c2nc(CCl)cs2)c1. The van der Waals surface area contributed by atoms with Crippen LogP contribution in [0, 0.1) is 0 Å². The Kier molecular flexibility index (Phi) is 5.37. The van der Waals surface area contributed by atoms with Gasteiger partial charge in [-0.1, -0.05) is 25.1 Å². The van der Waals surface area contributed by atoms with Gasteiger partial charge in [-0.15, -0.1) is 22.9 Å². The number of nitrogens with zero attached hydrogens (tertiary/aromatic N) is 2. The number of hydrogen-bond acceptors (Lipinski definition) is 3. The van der Waals surface area contributed by atoms with Crippen molar-refractivity contribution in [2.45, 2.75) is 25.8 Å². The molecule has 102 valence electrons. The summed E-state index contributed by atoms with van der Waals surface area (Å²) < 4.78 is 0. The molecule has 0 radical (unpaired) electrons. The smallest absolute Gasteiger partial charge is 0.123 e. The summed E-state index contributed by atoms with van der Waals surface area (Å²) in [5.74, 6) is 0.482. The minimum atomic E-state index is 0.482. The van der Waals surface area contributed by atoms with Crippen molar-refractivity contribution in [1.29, 1.82) is 0 Å². The fourth-order valence-corrected chi connectivity index (χ4v) is 3.12. The van der Waals surface area contributed by atoms with E-state index in [2.05, 4.69) is 48.1 Å². The van der Waals surface area contributed by atoms with Crippen LogP contribution < -0.4 is 0 Å². The fraction of sp³-hybridized carbons (Fsp3) is 0.400. The predicted octanol–water partition coefficient (Wildman–Crippen LogP) is 4.39. The zero-order chi connectivity index (χ0) is 13.7. The summed E-state index contributed by atoms with van der Waals surface area (Å²) in [6, 6.07) is 8.61. The minimum absolute atomic E-state index is 0.482. The molecule has 0 spiro atoms. The summed E-state index contributed by atoms with van der Waals surface area (Å²) in [4.78, 5) is 6.87. The van der Waals surface area contributed by atoms with Crippen LogP contribution >= 0.6 is 22.9 Å². The largest absolute Gasteiger partial charge is 0.302 e. The molecule has 19 heavy (non-hydrogen) atoms.